The molecule has 4 nitrogen and oxygen atoms in total. The molecular formula is C25H23N3O. The fourth-order valence-electron chi connectivity index (χ4n) is 3.29. The maximum absolute atomic E-state index is 13.2. The Balaban J connectivity index is 1.77. The van der Waals surface area contributed by atoms with E-state index in [2.05, 4.69) is 29.2 Å². The number of nitrogens with zero attached hydrogens (tertiary/aromatic N) is 3. The lowest BCUT2D eigenvalue weighted by molar-refractivity contribution is 0.738. The van der Waals surface area contributed by atoms with Gasteiger partial charge in [0.25, 0.3) is 5.56 Å². The molecule has 0 atom stereocenters. The van der Waals surface area contributed by atoms with Gasteiger partial charge in [0.2, 0.25) is 0 Å². The largest absolute Gasteiger partial charge is 0.378 e. The molecule has 3 aromatic carbocycles. The van der Waals surface area contributed by atoms with E-state index in [0.29, 0.717) is 23.3 Å². The summed E-state index contributed by atoms with van der Waals surface area (Å²) in [6, 6.07) is 25.8. The molecule has 144 valence electrons. The molecule has 0 aliphatic heterocycles. The number of fused-ring (bicyclic) bond motifs is 1. The average molecular weight is 381 g/mol. The van der Waals surface area contributed by atoms with Crippen LogP contribution in [0.3, 0.4) is 0 Å². The maximum Gasteiger partial charge on any atom is 0.261 e. The molecule has 0 fully saturated rings. The van der Waals surface area contributed by atoms with Crippen LogP contribution in [0.1, 0.15) is 17.0 Å². The van der Waals surface area contributed by atoms with Crippen LogP contribution in [0.15, 0.2) is 83.7 Å². The van der Waals surface area contributed by atoms with Gasteiger partial charge in [-0.2, -0.15) is 0 Å². The maximum atomic E-state index is 13.2. The number of rotatable bonds is 5. The topological polar surface area (TPSA) is 38.1 Å². The van der Waals surface area contributed by atoms with Crippen LogP contribution < -0.4 is 10.5 Å². The van der Waals surface area contributed by atoms with Gasteiger partial charge in [-0.05, 0) is 41.5 Å². The van der Waals surface area contributed by atoms with E-state index in [9.17, 15) is 4.79 Å². The van der Waals surface area contributed by atoms with E-state index in [0.717, 1.165) is 16.8 Å². The number of benzene rings is 3. The first kappa shape index (κ1) is 18.7. The van der Waals surface area contributed by atoms with Crippen molar-refractivity contribution in [3.8, 4) is 0 Å². The Morgan fingerprint density at radius 3 is 2.28 bits per heavy atom. The molecule has 1 aromatic heterocycles. The van der Waals surface area contributed by atoms with E-state index < -0.39 is 0 Å². The van der Waals surface area contributed by atoms with Crippen molar-refractivity contribution in [3.63, 3.8) is 0 Å². The second-order valence-electron chi connectivity index (χ2n) is 7.18. The van der Waals surface area contributed by atoms with Crippen LogP contribution in [-0.4, -0.2) is 23.6 Å². The monoisotopic (exact) mass is 381 g/mol. The molecule has 0 N–H and O–H groups in total. The van der Waals surface area contributed by atoms with Gasteiger partial charge in [0, 0.05) is 19.8 Å². The minimum atomic E-state index is -0.0259. The van der Waals surface area contributed by atoms with Crippen molar-refractivity contribution in [2.75, 3.05) is 19.0 Å². The molecule has 0 saturated carbocycles. The minimum Gasteiger partial charge on any atom is -0.378 e. The van der Waals surface area contributed by atoms with Gasteiger partial charge < -0.3 is 4.90 Å². The number of hydrogen-bond acceptors (Lipinski definition) is 3. The van der Waals surface area contributed by atoms with Crippen molar-refractivity contribution in [3.05, 3.63) is 106 Å². The fourth-order valence-corrected chi connectivity index (χ4v) is 3.29. The second-order valence-corrected chi connectivity index (χ2v) is 7.18. The highest BCUT2D eigenvalue weighted by molar-refractivity contribution is 5.79. The van der Waals surface area contributed by atoms with Crippen LogP contribution in [0.4, 0.5) is 5.69 Å². The molecule has 4 aromatic rings. The Hall–Kier alpha value is -3.66. The Kier molecular flexibility index (Phi) is 5.25. The summed E-state index contributed by atoms with van der Waals surface area (Å²) in [7, 11) is 4.04. The van der Waals surface area contributed by atoms with Gasteiger partial charge in [0.05, 0.1) is 17.4 Å². The van der Waals surface area contributed by atoms with Gasteiger partial charge in [-0.25, -0.2) is 4.98 Å². The van der Waals surface area contributed by atoms with Gasteiger partial charge in [-0.1, -0.05) is 60.7 Å². The molecule has 4 heteroatoms. The van der Waals surface area contributed by atoms with Crippen LogP contribution >= 0.6 is 0 Å². The highest BCUT2D eigenvalue weighted by Gasteiger charge is 2.09. The van der Waals surface area contributed by atoms with Crippen molar-refractivity contribution in [2.45, 2.75) is 6.54 Å². The molecular weight excluding hydrogens is 358 g/mol. The van der Waals surface area contributed by atoms with Crippen molar-refractivity contribution >= 4 is 28.7 Å². The summed E-state index contributed by atoms with van der Waals surface area (Å²) in [5, 5.41) is 0.635. The molecule has 4 rings (SSSR count). The van der Waals surface area contributed by atoms with Crippen LogP contribution in [0.5, 0.6) is 0 Å². The van der Waals surface area contributed by atoms with E-state index in [1.54, 1.807) is 4.57 Å². The summed E-state index contributed by atoms with van der Waals surface area (Å²) < 4.78 is 1.74. The third-order valence-electron chi connectivity index (χ3n) is 4.91. The first-order valence-electron chi connectivity index (χ1n) is 9.61. The molecule has 0 radical (unpaired) electrons. The third-order valence-corrected chi connectivity index (χ3v) is 4.91. The van der Waals surface area contributed by atoms with Crippen LogP contribution in [0.2, 0.25) is 0 Å². The Labute approximate surface area is 170 Å². The zero-order valence-electron chi connectivity index (χ0n) is 16.6. The molecule has 0 saturated heterocycles. The summed E-state index contributed by atoms with van der Waals surface area (Å²) in [6.45, 7) is 0.483. The zero-order chi connectivity index (χ0) is 20.2. The number of para-hydroxylation sites is 1. The van der Waals surface area contributed by atoms with Crippen molar-refractivity contribution in [1.82, 2.24) is 9.55 Å². The van der Waals surface area contributed by atoms with Gasteiger partial charge in [0.1, 0.15) is 5.82 Å². The van der Waals surface area contributed by atoms with E-state index >= 15 is 0 Å². The summed E-state index contributed by atoms with van der Waals surface area (Å²) in [4.78, 5) is 20.0. The van der Waals surface area contributed by atoms with E-state index in [4.69, 9.17) is 4.98 Å². The van der Waals surface area contributed by atoms with Crippen molar-refractivity contribution < 1.29 is 0 Å². The molecule has 0 spiro atoms. The van der Waals surface area contributed by atoms with Crippen molar-refractivity contribution in [2.24, 2.45) is 0 Å². The van der Waals surface area contributed by atoms with Crippen LogP contribution in [-0.2, 0) is 6.54 Å². The predicted molar refractivity (Wildman–Crippen MR) is 121 cm³/mol. The number of aromatic nitrogens is 2. The Morgan fingerprint density at radius 2 is 1.55 bits per heavy atom. The standard InChI is InChI=1S/C25H23N3O/c1-27(2)21-15-12-19(13-16-21)14-17-24-26-23-11-7-6-10-22(23)25(29)28(24)18-20-8-4-3-5-9-20/h3-17H,18H2,1-2H3. The Morgan fingerprint density at radius 1 is 0.862 bits per heavy atom. The molecule has 0 aliphatic carbocycles. The van der Waals surface area contributed by atoms with Gasteiger partial charge in [0.15, 0.2) is 0 Å². The predicted octanol–water partition coefficient (Wildman–Crippen LogP) is 4.68. The fraction of sp³-hybridized carbons (Fsp3) is 0.120. The molecule has 29 heavy (non-hydrogen) atoms. The molecule has 0 aliphatic rings. The smallest absolute Gasteiger partial charge is 0.261 e. The molecule has 0 amide bonds. The highest BCUT2D eigenvalue weighted by atomic mass is 16.1. The van der Waals surface area contributed by atoms with Gasteiger partial charge >= 0.3 is 0 Å². The van der Waals surface area contributed by atoms with Gasteiger partial charge in [-0.3, -0.25) is 9.36 Å². The minimum absolute atomic E-state index is 0.0259. The van der Waals surface area contributed by atoms with E-state index in [1.807, 2.05) is 80.8 Å². The van der Waals surface area contributed by atoms with Crippen LogP contribution in [0.25, 0.3) is 23.1 Å². The van der Waals surface area contributed by atoms with Crippen LogP contribution in [0, 0.1) is 0 Å². The van der Waals surface area contributed by atoms with Gasteiger partial charge in [-0.15, -0.1) is 0 Å². The molecule has 1 heterocycles. The zero-order valence-corrected chi connectivity index (χ0v) is 16.6. The lowest BCUT2D eigenvalue weighted by Crippen LogP contribution is -2.24. The number of anilines is 1. The third kappa shape index (κ3) is 4.11. The second kappa shape index (κ2) is 8.15. The number of hydrogen-bond donors (Lipinski definition) is 0. The quantitative estimate of drug-likeness (QED) is 0.504. The normalized spacial score (nSPS) is 11.2. The molecule has 0 bridgehead atoms. The summed E-state index contributed by atoms with van der Waals surface area (Å²) in [5.74, 6) is 0.647. The highest BCUT2D eigenvalue weighted by Crippen LogP contribution is 2.16. The summed E-state index contributed by atoms with van der Waals surface area (Å²) >= 11 is 0. The lowest BCUT2D eigenvalue weighted by Gasteiger charge is -2.12. The van der Waals surface area contributed by atoms with Crippen molar-refractivity contribution in [1.29, 1.82) is 0 Å². The average Bonchev–Trinajstić information content (AvgIpc) is 2.75. The van der Waals surface area contributed by atoms with E-state index in [-0.39, 0.29) is 5.56 Å². The molecule has 0 unspecified atom stereocenters. The first-order valence-corrected chi connectivity index (χ1v) is 9.61. The Bertz CT molecular complexity index is 1210. The van der Waals surface area contributed by atoms with E-state index in [1.165, 1.54) is 0 Å². The summed E-state index contributed by atoms with van der Waals surface area (Å²) in [6.07, 6.45) is 3.92. The first-order chi connectivity index (χ1) is 14.1. The SMILES string of the molecule is CN(C)c1ccc(C=Cc2nc3ccccc3c(=O)n2Cc2ccccc2)cc1. The summed E-state index contributed by atoms with van der Waals surface area (Å²) in [5.41, 5.74) is 3.96. The lowest BCUT2D eigenvalue weighted by atomic mass is 10.1.